The number of nitrogens with zero attached hydrogens (tertiary/aromatic N) is 2. The third kappa shape index (κ3) is 5.62. The zero-order valence-electron chi connectivity index (χ0n) is 15.6. The van der Waals surface area contributed by atoms with Crippen molar-refractivity contribution < 1.29 is 8.42 Å². The van der Waals surface area contributed by atoms with E-state index in [-0.39, 0.29) is 0 Å². The Bertz CT molecular complexity index is 525. The highest BCUT2D eigenvalue weighted by atomic mass is 32.2. The van der Waals surface area contributed by atoms with Crippen LogP contribution in [0.25, 0.3) is 0 Å². The maximum atomic E-state index is 11.6. The number of sulfonamides is 1. The van der Waals surface area contributed by atoms with Crippen molar-refractivity contribution >= 4 is 16.0 Å². The molecule has 1 atom stereocenters. The molecule has 0 bridgehead atoms. The van der Waals surface area contributed by atoms with Crippen LogP contribution < -0.4 is 10.6 Å². The Morgan fingerprint density at radius 2 is 1.88 bits per heavy atom. The number of nitrogens with one attached hydrogen (secondary N) is 2. The lowest BCUT2D eigenvalue weighted by atomic mass is 9.80. The van der Waals surface area contributed by atoms with E-state index in [1.54, 1.807) is 11.4 Å². The fraction of sp³-hybridized carbons (Fsp3) is 0.941. The van der Waals surface area contributed by atoms with Gasteiger partial charge in [0, 0.05) is 32.7 Å². The van der Waals surface area contributed by atoms with Crippen molar-refractivity contribution in [2.24, 2.45) is 22.7 Å². The minimum atomic E-state index is -3.05. The lowest BCUT2D eigenvalue weighted by molar-refractivity contribution is 0.250. The largest absolute Gasteiger partial charge is 0.356 e. The second-order valence-corrected chi connectivity index (χ2v) is 9.71. The minimum Gasteiger partial charge on any atom is -0.356 e. The van der Waals surface area contributed by atoms with Crippen molar-refractivity contribution in [2.45, 2.75) is 52.0 Å². The van der Waals surface area contributed by atoms with Gasteiger partial charge >= 0.3 is 0 Å². The van der Waals surface area contributed by atoms with Crippen molar-refractivity contribution in [1.29, 1.82) is 0 Å². The highest BCUT2D eigenvalue weighted by molar-refractivity contribution is 7.88. The summed E-state index contributed by atoms with van der Waals surface area (Å²) in [5.41, 5.74) is 0. The summed E-state index contributed by atoms with van der Waals surface area (Å²) < 4.78 is 24.7. The van der Waals surface area contributed by atoms with Crippen molar-refractivity contribution in [3.05, 3.63) is 0 Å². The van der Waals surface area contributed by atoms with Crippen LogP contribution in [0.4, 0.5) is 0 Å². The Kier molecular flexibility index (Phi) is 6.92. The first-order chi connectivity index (χ1) is 11.3. The van der Waals surface area contributed by atoms with E-state index >= 15 is 0 Å². The van der Waals surface area contributed by atoms with Gasteiger partial charge < -0.3 is 10.6 Å². The van der Waals surface area contributed by atoms with Crippen molar-refractivity contribution in [3.8, 4) is 0 Å². The van der Waals surface area contributed by atoms with Gasteiger partial charge in [0.2, 0.25) is 10.0 Å². The van der Waals surface area contributed by atoms with Crippen LogP contribution in [-0.4, -0.2) is 57.7 Å². The molecule has 24 heavy (non-hydrogen) atoms. The monoisotopic (exact) mass is 358 g/mol. The first kappa shape index (κ1) is 19.5. The molecule has 1 aliphatic carbocycles. The zero-order valence-corrected chi connectivity index (χ0v) is 16.4. The lowest BCUT2D eigenvalue weighted by Gasteiger charge is -2.32. The molecule has 6 nitrogen and oxygen atoms in total. The predicted octanol–water partition coefficient (Wildman–Crippen LogP) is 1.65. The third-order valence-electron chi connectivity index (χ3n) is 5.55. The van der Waals surface area contributed by atoms with E-state index in [9.17, 15) is 8.42 Å². The number of aliphatic imine (C=N–C) groups is 1. The van der Waals surface area contributed by atoms with Crippen LogP contribution in [0.15, 0.2) is 4.99 Å². The van der Waals surface area contributed by atoms with Gasteiger partial charge in [-0.1, -0.05) is 13.8 Å². The highest BCUT2D eigenvalue weighted by Gasteiger charge is 2.29. The van der Waals surface area contributed by atoms with Crippen LogP contribution in [0.1, 0.15) is 46.0 Å². The van der Waals surface area contributed by atoms with E-state index in [1.165, 1.54) is 31.9 Å². The van der Waals surface area contributed by atoms with Crippen molar-refractivity contribution in [2.75, 3.05) is 32.9 Å². The van der Waals surface area contributed by atoms with Gasteiger partial charge in [-0.15, -0.1) is 0 Å². The first-order valence-electron chi connectivity index (χ1n) is 9.22. The zero-order chi connectivity index (χ0) is 17.7. The second kappa shape index (κ2) is 8.52. The molecule has 0 aromatic heterocycles. The molecule has 0 amide bonds. The fourth-order valence-electron chi connectivity index (χ4n) is 3.82. The Balaban J connectivity index is 1.72. The standard InChI is InChI=1S/C17H34N4O2S/c1-13(2)15-5-7-16(8-6-15)20-17(18-3)19-11-14-9-10-21(12-14)24(4,22)23/h13-16H,5-12H2,1-4H3,(H2,18,19,20). The van der Waals surface area contributed by atoms with Gasteiger partial charge in [0.1, 0.15) is 0 Å². The summed E-state index contributed by atoms with van der Waals surface area (Å²) in [6.07, 6.45) is 7.19. The molecule has 0 radical (unpaired) electrons. The van der Waals surface area contributed by atoms with Gasteiger partial charge in [0.15, 0.2) is 5.96 Å². The van der Waals surface area contributed by atoms with Crippen molar-refractivity contribution in [1.82, 2.24) is 14.9 Å². The van der Waals surface area contributed by atoms with Gasteiger partial charge in [-0.2, -0.15) is 0 Å². The minimum absolute atomic E-state index is 0.356. The van der Waals surface area contributed by atoms with Gasteiger partial charge in [-0.05, 0) is 49.9 Å². The molecule has 2 N–H and O–H groups in total. The molecule has 1 aliphatic heterocycles. The molecule has 0 spiro atoms. The summed E-state index contributed by atoms with van der Waals surface area (Å²) in [5, 5.41) is 6.92. The quantitative estimate of drug-likeness (QED) is 0.579. The normalized spacial score (nSPS) is 29.9. The van der Waals surface area contributed by atoms with E-state index in [0.29, 0.717) is 25.0 Å². The Labute approximate surface area is 147 Å². The highest BCUT2D eigenvalue weighted by Crippen LogP contribution is 2.29. The molecule has 1 heterocycles. The summed E-state index contributed by atoms with van der Waals surface area (Å²) in [6, 6.07) is 0.502. The van der Waals surface area contributed by atoms with Crippen LogP contribution in [0.5, 0.6) is 0 Å². The van der Waals surface area contributed by atoms with Crippen LogP contribution in [0, 0.1) is 17.8 Å². The van der Waals surface area contributed by atoms with E-state index in [1.807, 2.05) is 0 Å². The van der Waals surface area contributed by atoms with E-state index in [0.717, 1.165) is 30.8 Å². The van der Waals surface area contributed by atoms with Crippen LogP contribution in [0.2, 0.25) is 0 Å². The van der Waals surface area contributed by atoms with Gasteiger partial charge in [-0.3, -0.25) is 4.99 Å². The number of rotatable bonds is 5. The first-order valence-corrected chi connectivity index (χ1v) is 11.1. The maximum absolute atomic E-state index is 11.6. The average Bonchev–Trinajstić information content (AvgIpc) is 3.01. The topological polar surface area (TPSA) is 73.8 Å². The summed E-state index contributed by atoms with van der Waals surface area (Å²) in [5.74, 6) is 2.85. The van der Waals surface area contributed by atoms with Crippen LogP contribution >= 0.6 is 0 Å². The Hall–Kier alpha value is -0.820. The number of hydrogen-bond acceptors (Lipinski definition) is 3. The molecule has 0 aromatic carbocycles. The van der Waals surface area contributed by atoms with E-state index in [2.05, 4.69) is 29.5 Å². The third-order valence-corrected chi connectivity index (χ3v) is 6.82. The summed E-state index contributed by atoms with van der Waals surface area (Å²) in [6.45, 7) is 6.66. The molecule has 2 aliphatic rings. The predicted molar refractivity (Wildman–Crippen MR) is 99.6 cm³/mol. The van der Waals surface area contributed by atoms with E-state index in [4.69, 9.17) is 0 Å². The number of guanidine groups is 1. The van der Waals surface area contributed by atoms with Crippen molar-refractivity contribution in [3.63, 3.8) is 0 Å². The molecule has 7 heteroatoms. The van der Waals surface area contributed by atoms with Gasteiger partial charge in [0.05, 0.1) is 6.26 Å². The molecular weight excluding hydrogens is 324 g/mol. The van der Waals surface area contributed by atoms with Crippen LogP contribution in [0.3, 0.4) is 0 Å². The molecule has 2 rings (SSSR count). The lowest BCUT2D eigenvalue weighted by Crippen LogP contribution is -2.46. The molecule has 140 valence electrons. The maximum Gasteiger partial charge on any atom is 0.211 e. The van der Waals surface area contributed by atoms with Crippen LogP contribution in [-0.2, 0) is 10.0 Å². The molecule has 1 unspecified atom stereocenters. The number of hydrogen-bond donors (Lipinski definition) is 2. The molecule has 1 saturated heterocycles. The molecule has 0 aromatic rings. The molecule has 1 saturated carbocycles. The second-order valence-electron chi connectivity index (χ2n) is 7.73. The smallest absolute Gasteiger partial charge is 0.211 e. The average molecular weight is 359 g/mol. The SMILES string of the molecule is CN=C(NCC1CCN(S(C)(=O)=O)C1)NC1CCC(C(C)C)CC1. The fourth-order valence-corrected chi connectivity index (χ4v) is 4.74. The Morgan fingerprint density at radius 3 is 2.38 bits per heavy atom. The van der Waals surface area contributed by atoms with Gasteiger partial charge in [-0.25, -0.2) is 12.7 Å². The Morgan fingerprint density at radius 1 is 1.21 bits per heavy atom. The molecule has 2 fully saturated rings. The summed E-state index contributed by atoms with van der Waals surface area (Å²) in [7, 11) is -1.26. The summed E-state index contributed by atoms with van der Waals surface area (Å²) >= 11 is 0. The van der Waals surface area contributed by atoms with Gasteiger partial charge in [0.25, 0.3) is 0 Å². The summed E-state index contributed by atoms with van der Waals surface area (Å²) in [4.78, 5) is 4.33. The van der Waals surface area contributed by atoms with E-state index < -0.39 is 10.0 Å². The molecular formula is C17H34N4O2S.